The van der Waals surface area contributed by atoms with E-state index in [1.54, 1.807) is 36.6 Å². The number of carbonyl (C=O) groups is 2. The van der Waals surface area contributed by atoms with Crippen LogP contribution in [0.3, 0.4) is 0 Å². The van der Waals surface area contributed by atoms with E-state index in [0.29, 0.717) is 29.2 Å². The monoisotopic (exact) mass is 387 g/mol. The van der Waals surface area contributed by atoms with Crippen molar-refractivity contribution in [2.75, 3.05) is 10.6 Å². The predicted molar refractivity (Wildman–Crippen MR) is 113 cm³/mol. The normalized spacial score (nSPS) is 10.8. The van der Waals surface area contributed by atoms with Crippen molar-refractivity contribution in [3.05, 3.63) is 83.7 Å². The second kappa shape index (κ2) is 7.67. The van der Waals surface area contributed by atoms with Crippen molar-refractivity contribution in [2.45, 2.75) is 20.4 Å². The first-order valence-corrected chi connectivity index (χ1v) is 9.31. The number of nitrogens with zero attached hydrogens (tertiary/aromatic N) is 1. The fourth-order valence-corrected chi connectivity index (χ4v) is 3.25. The summed E-state index contributed by atoms with van der Waals surface area (Å²) >= 11 is 0. The Balaban J connectivity index is 1.59. The largest absolute Gasteiger partial charge is 0.463 e. The number of rotatable bonds is 5. The Labute approximate surface area is 168 Å². The number of aromatic nitrogens is 1. The van der Waals surface area contributed by atoms with Crippen LogP contribution in [-0.2, 0) is 11.3 Å². The van der Waals surface area contributed by atoms with Gasteiger partial charge in [0, 0.05) is 37.0 Å². The summed E-state index contributed by atoms with van der Waals surface area (Å²) in [6.45, 7) is 4.06. The van der Waals surface area contributed by atoms with Crippen LogP contribution in [0.5, 0.6) is 0 Å². The fraction of sp³-hybridized carbons (Fsp3) is 0.130. The quantitative estimate of drug-likeness (QED) is 0.516. The van der Waals surface area contributed by atoms with Crippen molar-refractivity contribution < 1.29 is 14.0 Å². The Morgan fingerprint density at radius 2 is 1.59 bits per heavy atom. The van der Waals surface area contributed by atoms with Gasteiger partial charge in [0.2, 0.25) is 5.91 Å². The zero-order chi connectivity index (χ0) is 20.4. The first-order valence-electron chi connectivity index (χ1n) is 9.31. The van der Waals surface area contributed by atoms with Crippen LogP contribution in [0.4, 0.5) is 11.4 Å². The first-order chi connectivity index (χ1) is 14.0. The Bertz CT molecular complexity index is 1170. The van der Waals surface area contributed by atoms with Crippen LogP contribution in [-0.4, -0.2) is 16.4 Å². The van der Waals surface area contributed by atoms with Crippen molar-refractivity contribution >= 4 is 34.3 Å². The van der Waals surface area contributed by atoms with Gasteiger partial charge < -0.3 is 19.6 Å². The summed E-state index contributed by atoms with van der Waals surface area (Å²) in [6.07, 6.45) is 1.62. The van der Waals surface area contributed by atoms with Gasteiger partial charge in [0.15, 0.2) is 5.58 Å². The number of hydrogen-bond donors (Lipinski definition) is 2. The van der Waals surface area contributed by atoms with Crippen LogP contribution in [0.15, 0.2) is 71.3 Å². The van der Waals surface area contributed by atoms with Crippen molar-refractivity contribution in [3.8, 4) is 0 Å². The summed E-state index contributed by atoms with van der Waals surface area (Å²) < 4.78 is 7.46. The van der Waals surface area contributed by atoms with Gasteiger partial charge in [-0.1, -0.05) is 29.8 Å². The minimum atomic E-state index is -0.226. The summed E-state index contributed by atoms with van der Waals surface area (Å²) in [6, 6.07) is 18.8. The molecule has 29 heavy (non-hydrogen) atoms. The van der Waals surface area contributed by atoms with E-state index in [1.807, 2.05) is 17.6 Å². The molecule has 6 nitrogen and oxygen atoms in total. The van der Waals surface area contributed by atoms with Crippen molar-refractivity contribution in [2.24, 2.45) is 0 Å². The maximum atomic E-state index is 13.0. The van der Waals surface area contributed by atoms with E-state index in [9.17, 15) is 9.59 Å². The molecule has 2 N–H and O–H groups in total. The highest BCUT2D eigenvalue weighted by Gasteiger charge is 2.18. The van der Waals surface area contributed by atoms with Crippen LogP contribution in [0.2, 0.25) is 0 Å². The van der Waals surface area contributed by atoms with E-state index in [4.69, 9.17) is 4.42 Å². The van der Waals surface area contributed by atoms with E-state index in [0.717, 1.165) is 11.1 Å². The van der Waals surface area contributed by atoms with Crippen molar-refractivity contribution in [3.63, 3.8) is 0 Å². The second-order valence-electron chi connectivity index (χ2n) is 6.98. The lowest BCUT2D eigenvalue weighted by atomic mass is 10.1. The maximum Gasteiger partial charge on any atom is 0.272 e. The van der Waals surface area contributed by atoms with Crippen molar-refractivity contribution in [1.29, 1.82) is 0 Å². The van der Waals surface area contributed by atoms with E-state index in [1.165, 1.54) is 12.5 Å². The van der Waals surface area contributed by atoms with E-state index >= 15 is 0 Å². The first kappa shape index (κ1) is 18.6. The molecule has 0 saturated carbocycles. The van der Waals surface area contributed by atoms with E-state index in [-0.39, 0.29) is 11.8 Å². The smallest absolute Gasteiger partial charge is 0.272 e. The third-order valence-corrected chi connectivity index (χ3v) is 4.68. The number of hydrogen-bond acceptors (Lipinski definition) is 3. The van der Waals surface area contributed by atoms with Gasteiger partial charge in [-0.2, -0.15) is 0 Å². The number of anilines is 2. The third kappa shape index (κ3) is 4.06. The van der Waals surface area contributed by atoms with Gasteiger partial charge >= 0.3 is 0 Å². The van der Waals surface area contributed by atoms with Crippen LogP contribution < -0.4 is 10.6 Å². The average Bonchev–Trinajstić information content (AvgIpc) is 3.27. The average molecular weight is 387 g/mol. The Morgan fingerprint density at radius 1 is 0.931 bits per heavy atom. The summed E-state index contributed by atoms with van der Waals surface area (Å²) in [5.74, 6) is -0.367. The zero-order valence-electron chi connectivity index (χ0n) is 16.2. The number of furan rings is 1. The molecule has 0 saturated heterocycles. The lowest BCUT2D eigenvalue weighted by molar-refractivity contribution is -0.114. The predicted octanol–water partition coefficient (Wildman–Crippen LogP) is 4.80. The molecular formula is C23H21N3O3. The molecule has 4 aromatic rings. The molecule has 0 spiro atoms. The molecule has 0 bridgehead atoms. The van der Waals surface area contributed by atoms with Crippen LogP contribution in [0.25, 0.3) is 11.1 Å². The number of aryl methyl sites for hydroxylation is 1. The van der Waals surface area contributed by atoms with Gasteiger partial charge in [0.1, 0.15) is 5.69 Å². The number of carbonyl (C=O) groups excluding carboxylic acids is 2. The molecule has 2 aromatic heterocycles. The Morgan fingerprint density at radius 3 is 2.24 bits per heavy atom. The highest BCUT2D eigenvalue weighted by Crippen LogP contribution is 2.24. The van der Waals surface area contributed by atoms with E-state index < -0.39 is 0 Å². The highest BCUT2D eigenvalue weighted by molar-refractivity contribution is 6.06. The van der Waals surface area contributed by atoms with Gasteiger partial charge in [-0.25, -0.2) is 0 Å². The molecule has 6 heteroatoms. The Hall–Kier alpha value is -3.80. The standard InChI is InChI=1S/C23H21N3O3/c1-15-3-5-17(6-4-15)14-26-20-11-12-29-22(20)13-21(26)23(28)25-19-9-7-18(8-10-19)24-16(2)27/h3-13H,14H2,1-2H3,(H,24,27)(H,25,28). The van der Waals surface area contributed by atoms with Gasteiger partial charge in [-0.3, -0.25) is 9.59 Å². The molecular weight excluding hydrogens is 366 g/mol. The molecule has 0 atom stereocenters. The molecule has 2 heterocycles. The second-order valence-corrected chi connectivity index (χ2v) is 6.98. The summed E-state index contributed by atoms with van der Waals surface area (Å²) in [5, 5.41) is 5.61. The van der Waals surface area contributed by atoms with Gasteiger partial charge in [0.25, 0.3) is 5.91 Å². The van der Waals surface area contributed by atoms with Crippen molar-refractivity contribution in [1.82, 2.24) is 4.57 Å². The van der Waals surface area contributed by atoms with Crippen LogP contribution >= 0.6 is 0 Å². The SMILES string of the molecule is CC(=O)Nc1ccc(NC(=O)c2cc3occc3n2Cc2ccc(C)cc2)cc1. The minimum absolute atomic E-state index is 0.140. The molecule has 0 aliphatic carbocycles. The summed E-state index contributed by atoms with van der Waals surface area (Å²) in [5.41, 5.74) is 5.67. The molecule has 146 valence electrons. The molecule has 2 aromatic carbocycles. The molecule has 0 aliphatic heterocycles. The minimum Gasteiger partial charge on any atom is -0.463 e. The summed E-state index contributed by atoms with van der Waals surface area (Å²) in [7, 11) is 0. The molecule has 0 radical (unpaired) electrons. The lowest BCUT2D eigenvalue weighted by Gasteiger charge is -2.11. The van der Waals surface area contributed by atoms with Crippen LogP contribution in [0.1, 0.15) is 28.5 Å². The number of amides is 2. The maximum absolute atomic E-state index is 13.0. The molecule has 0 fully saturated rings. The number of nitrogens with one attached hydrogen (secondary N) is 2. The highest BCUT2D eigenvalue weighted by atomic mass is 16.3. The van der Waals surface area contributed by atoms with Crippen LogP contribution in [0, 0.1) is 6.92 Å². The van der Waals surface area contributed by atoms with Gasteiger partial charge in [0.05, 0.1) is 11.8 Å². The molecule has 4 rings (SSSR count). The third-order valence-electron chi connectivity index (χ3n) is 4.68. The zero-order valence-corrected chi connectivity index (χ0v) is 16.2. The number of fused-ring (bicyclic) bond motifs is 1. The Kier molecular flexibility index (Phi) is 4.91. The molecule has 0 unspecified atom stereocenters. The van der Waals surface area contributed by atoms with Gasteiger partial charge in [-0.05, 0) is 36.8 Å². The number of benzene rings is 2. The summed E-state index contributed by atoms with van der Waals surface area (Å²) in [4.78, 5) is 24.1. The lowest BCUT2D eigenvalue weighted by Crippen LogP contribution is -2.17. The topological polar surface area (TPSA) is 76.3 Å². The fourth-order valence-electron chi connectivity index (χ4n) is 3.25. The van der Waals surface area contributed by atoms with E-state index in [2.05, 4.69) is 34.9 Å². The molecule has 0 aliphatic rings. The van der Waals surface area contributed by atoms with Gasteiger partial charge in [-0.15, -0.1) is 0 Å². The molecule has 2 amide bonds.